The predicted molar refractivity (Wildman–Crippen MR) is 107 cm³/mol. The van der Waals surface area contributed by atoms with Gasteiger partial charge in [-0.15, -0.1) is 0 Å². The van der Waals surface area contributed by atoms with Crippen LogP contribution in [0.2, 0.25) is 0 Å². The Kier molecular flexibility index (Phi) is 7.86. The van der Waals surface area contributed by atoms with Crippen LogP contribution in [-0.2, 0) is 19.1 Å². The molecule has 2 amide bonds. The van der Waals surface area contributed by atoms with Gasteiger partial charge in [0.1, 0.15) is 5.75 Å². The summed E-state index contributed by atoms with van der Waals surface area (Å²) in [6, 6.07) is 12.0. The lowest BCUT2D eigenvalue weighted by Crippen LogP contribution is -2.29. The lowest BCUT2D eigenvalue weighted by atomic mass is 10.0. The Hall–Kier alpha value is -3.95. The van der Waals surface area contributed by atoms with E-state index < -0.39 is 29.4 Å². The summed E-state index contributed by atoms with van der Waals surface area (Å²) < 4.78 is 10.0. The second-order valence-corrected chi connectivity index (χ2v) is 6.22. The third-order valence-corrected chi connectivity index (χ3v) is 3.98. The molecule has 2 aromatic rings. The van der Waals surface area contributed by atoms with E-state index >= 15 is 0 Å². The normalized spacial score (nSPS) is 11.1. The average molecular weight is 415 g/mol. The molecule has 2 aromatic carbocycles. The quantitative estimate of drug-likeness (QED) is 0.364. The Bertz CT molecular complexity index is 931. The summed E-state index contributed by atoms with van der Waals surface area (Å²) in [4.78, 5) is 46.0. The SMILES string of the molecule is COc1ccc([N+](=O)[O-])cc1NC(=O)COC(=O)C[C@H](NC(C)=O)c1ccccc1. The topological polar surface area (TPSA) is 137 Å². The highest BCUT2D eigenvalue weighted by molar-refractivity contribution is 5.94. The summed E-state index contributed by atoms with van der Waals surface area (Å²) in [5, 5.41) is 16.0. The molecule has 10 heteroatoms. The van der Waals surface area contributed by atoms with Crippen molar-refractivity contribution in [3.05, 3.63) is 64.2 Å². The fourth-order valence-corrected chi connectivity index (χ4v) is 2.65. The number of methoxy groups -OCH3 is 1. The zero-order valence-corrected chi connectivity index (χ0v) is 16.4. The van der Waals surface area contributed by atoms with Crippen LogP contribution in [0.25, 0.3) is 0 Å². The van der Waals surface area contributed by atoms with Crippen molar-refractivity contribution in [3.8, 4) is 5.75 Å². The highest BCUT2D eigenvalue weighted by atomic mass is 16.6. The number of ether oxygens (including phenoxy) is 2. The molecule has 0 fully saturated rings. The highest BCUT2D eigenvalue weighted by Gasteiger charge is 2.19. The first-order chi connectivity index (χ1) is 14.3. The first-order valence-corrected chi connectivity index (χ1v) is 8.90. The van der Waals surface area contributed by atoms with Crippen LogP contribution in [0.1, 0.15) is 24.9 Å². The molecule has 30 heavy (non-hydrogen) atoms. The summed E-state index contributed by atoms with van der Waals surface area (Å²) in [5.41, 5.74) is 0.563. The zero-order chi connectivity index (χ0) is 22.1. The van der Waals surface area contributed by atoms with Gasteiger partial charge in [-0.2, -0.15) is 0 Å². The summed E-state index contributed by atoms with van der Waals surface area (Å²) in [5.74, 6) is -1.49. The molecule has 2 rings (SSSR count). The third kappa shape index (κ3) is 6.59. The van der Waals surface area contributed by atoms with E-state index in [0.29, 0.717) is 0 Å². The Morgan fingerprint density at radius 2 is 1.83 bits per heavy atom. The Morgan fingerprint density at radius 1 is 1.13 bits per heavy atom. The number of amides is 2. The van der Waals surface area contributed by atoms with Crippen molar-refractivity contribution in [1.29, 1.82) is 0 Å². The Morgan fingerprint density at radius 3 is 2.43 bits per heavy atom. The fraction of sp³-hybridized carbons (Fsp3) is 0.250. The second-order valence-electron chi connectivity index (χ2n) is 6.22. The largest absolute Gasteiger partial charge is 0.495 e. The summed E-state index contributed by atoms with van der Waals surface area (Å²) in [6.07, 6.45) is -0.170. The number of nitrogens with zero attached hydrogens (tertiary/aromatic N) is 1. The van der Waals surface area contributed by atoms with E-state index in [2.05, 4.69) is 10.6 Å². The number of rotatable bonds is 9. The van der Waals surface area contributed by atoms with Gasteiger partial charge in [-0.05, 0) is 11.6 Å². The van der Waals surface area contributed by atoms with Crippen LogP contribution in [-0.4, -0.2) is 36.4 Å². The molecule has 0 saturated heterocycles. The van der Waals surface area contributed by atoms with Gasteiger partial charge in [0.25, 0.3) is 11.6 Å². The van der Waals surface area contributed by atoms with Gasteiger partial charge in [0.2, 0.25) is 5.91 Å². The molecule has 0 unspecified atom stereocenters. The van der Waals surface area contributed by atoms with Gasteiger partial charge in [-0.25, -0.2) is 0 Å². The number of nitro groups is 1. The number of esters is 1. The maximum absolute atomic E-state index is 12.2. The first-order valence-electron chi connectivity index (χ1n) is 8.90. The molecule has 0 heterocycles. The van der Waals surface area contributed by atoms with Crippen molar-refractivity contribution < 1.29 is 28.8 Å². The van der Waals surface area contributed by atoms with Crippen molar-refractivity contribution in [2.45, 2.75) is 19.4 Å². The molecule has 0 aliphatic carbocycles. The van der Waals surface area contributed by atoms with Crippen LogP contribution < -0.4 is 15.4 Å². The van der Waals surface area contributed by atoms with Gasteiger partial charge >= 0.3 is 5.97 Å². The van der Waals surface area contributed by atoms with Gasteiger partial charge < -0.3 is 20.1 Å². The van der Waals surface area contributed by atoms with Crippen molar-refractivity contribution in [1.82, 2.24) is 5.32 Å². The van der Waals surface area contributed by atoms with Gasteiger partial charge in [0.15, 0.2) is 6.61 Å². The number of hydrogen-bond donors (Lipinski definition) is 2. The number of hydrogen-bond acceptors (Lipinski definition) is 7. The number of carbonyl (C=O) groups excluding carboxylic acids is 3. The van der Waals surface area contributed by atoms with Crippen LogP contribution in [0, 0.1) is 10.1 Å². The molecule has 0 radical (unpaired) electrons. The summed E-state index contributed by atoms with van der Waals surface area (Å²) in [6.45, 7) is 0.730. The average Bonchev–Trinajstić information content (AvgIpc) is 2.72. The summed E-state index contributed by atoms with van der Waals surface area (Å²) >= 11 is 0. The molecule has 0 aliphatic heterocycles. The van der Waals surface area contributed by atoms with Gasteiger partial charge in [0.05, 0.1) is 30.2 Å². The van der Waals surface area contributed by atoms with Gasteiger partial charge in [-0.3, -0.25) is 24.5 Å². The van der Waals surface area contributed by atoms with E-state index in [4.69, 9.17) is 9.47 Å². The molecule has 0 aromatic heterocycles. The van der Waals surface area contributed by atoms with Crippen LogP contribution in [0.5, 0.6) is 5.75 Å². The summed E-state index contributed by atoms with van der Waals surface area (Å²) in [7, 11) is 1.35. The Labute approximate surface area is 172 Å². The van der Waals surface area contributed by atoms with Crippen molar-refractivity contribution in [3.63, 3.8) is 0 Å². The lowest BCUT2D eigenvalue weighted by molar-refractivity contribution is -0.384. The predicted octanol–water partition coefficient (Wildman–Crippen LogP) is 2.35. The molecule has 1 atom stereocenters. The van der Waals surface area contributed by atoms with E-state index in [1.165, 1.54) is 26.2 Å². The third-order valence-electron chi connectivity index (χ3n) is 3.98. The van der Waals surface area contributed by atoms with E-state index in [-0.39, 0.29) is 29.5 Å². The van der Waals surface area contributed by atoms with E-state index in [1.54, 1.807) is 30.3 Å². The van der Waals surface area contributed by atoms with Crippen molar-refractivity contribution in [2.24, 2.45) is 0 Å². The molecular weight excluding hydrogens is 394 g/mol. The minimum absolute atomic E-state index is 0.0770. The van der Waals surface area contributed by atoms with Crippen LogP contribution >= 0.6 is 0 Å². The van der Waals surface area contributed by atoms with Gasteiger partial charge in [0, 0.05) is 19.1 Å². The van der Waals surface area contributed by atoms with Gasteiger partial charge in [-0.1, -0.05) is 30.3 Å². The molecule has 0 bridgehead atoms. The van der Waals surface area contributed by atoms with E-state index in [1.807, 2.05) is 0 Å². The maximum atomic E-state index is 12.2. The van der Waals surface area contributed by atoms with E-state index in [9.17, 15) is 24.5 Å². The number of benzene rings is 2. The second kappa shape index (κ2) is 10.6. The number of nitro benzene ring substituents is 1. The minimum atomic E-state index is -0.696. The highest BCUT2D eigenvalue weighted by Crippen LogP contribution is 2.28. The first kappa shape index (κ1) is 22.3. The van der Waals surface area contributed by atoms with Crippen LogP contribution in [0.15, 0.2) is 48.5 Å². The molecule has 158 valence electrons. The van der Waals surface area contributed by atoms with E-state index in [0.717, 1.165) is 11.6 Å². The number of nitrogens with one attached hydrogen (secondary N) is 2. The molecule has 0 aliphatic rings. The molecule has 10 nitrogen and oxygen atoms in total. The molecule has 2 N–H and O–H groups in total. The maximum Gasteiger partial charge on any atom is 0.308 e. The smallest absolute Gasteiger partial charge is 0.308 e. The molecular formula is C20H21N3O7. The molecule has 0 spiro atoms. The zero-order valence-electron chi connectivity index (χ0n) is 16.4. The van der Waals surface area contributed by atoms with Crippen LogP contribution in [0.4, 0.5) is 11.4 Å². The molecule has 0 saturated carbocycles. The van der Waals surface area contributed by atoms with Crippen LogP contribution in [0.3, 0.4) is 0 Å². The number of non-ortho nitro benzene ring substituents is 1. The number of carbonyl (C=O) groups is 3. The van der Waals surface area contributed by atoms with Crippen molar-refractivity contribution >= 4 is 29.2 Å². The Balaban J connectivity index is 1.97. The minimum Gasteiger partial charge on any atom is -0.495 e. The fourth-order valence-electron chi connectivity index (χ4n) is 2.65. The lowest BCUT2D eigenvalue weighted by Gasteiger charge is -2.17. The number of anilines is 1. The standard InChI is InChI=1S/C20H21N3O7/c1-13(24)21-16(14-6-4-3-5-7-14)11-20(26)30-12-19(25)22-17-10-15(23(27)28)8-9-18(17)29-2/h3-10,16H,11-12H2,1-2H3,(H,21,24)(H,22,25)/t16-/m0/s1. The van der Waals surface area contributed by atoms with Crippen molar-refractivity contribution in [2.75, 3.05) is 19.0 Å². The monoisotopic (exact) mass is 415 g/mol.